The second-order valence-electron chi connectivity index (χ2n) is 5.49. The lowest BCUT2D eigenvalue weighted by atomic mass is 10.3. The van der Waals surface area contributed by atoms with Crippen molar-refractivity contribution in [2.45, 2.75) is 13.8 Å². The predicted octanol–water partition coefficient (Wildman–Crippen LogP) is 1.83. The average Bonchev–Trinajstić information content (AvgIpc) is 2.64. The summed E-state index contributed by atoms with van der Waals surface area (Å²) in [5, 5.41) is 9.04. The third-order valence-electron chi connectivity index (χ3n) is 3.37. The van der Waals surface area contributed by atoms with E-state index in [0.717, 1.165) is 23.8 Å². The Hall–Kier alpha value is -3.03. The molecule has 2 rings (SSSR count). The van der Waals surface area contributed by atoms with E-state index < -0.39 is 0 Å². The number of nitrogens with zero attached hydrogens (tertiary/aromatic N) is 2. The molecule has 8 heteroatoms. The molecule has 0 aliphatic rings. The molecule has 0 spiro atoms. The molecule has 0 saturated carbocycles. The van der Waals surface area contributed by atoms with E-state index in [0.29, 0.717) is 24.8 Å². The average molecular weight is 359 g/mol. The molecule has 1 heterocycles. The van der Waals surface area contributed by atoms with Gasteiger partial charge in [0.2, 0.25) is 5.95 Å². The zero-order valence-corrected chi connectivity index (χ0v) is 15.3. The fourth-order valence-corrected chi connectivity index (χ4v) is 2.16. The summed E-state index contributed by atoms with van der Waals surface area (Å²) in [5.41, 5.74) is 0.871. The summed E-state index contributed by atoms with van der Waals surface area (Å²) < 4.78 is 10.5. The second kappa shape index (κ2) is 10.1. The highest BCUT2D eigenvalue weighted by atomic mass is 16.5. The van der Waals surface area contributed by atoms with Crippen molar-refractivity contribution in [2.75, 3.05) is 44.0 Å². The van der Waals surface area contributed by atoms with E-state index in [1.165, 1.54) is 0 Å². The van der Waals surface area contributed by atoms with Gasteiger partial charge >= 0.3 is 0 Å². The molecule has 0 aliphatic carbocycles. The first-order valence-electron chi connectivity index (χ1n) is 8.47. The zero-order chi connectivity index (χ0) is 18.8. The Morgan fingerprint density at radius 2 is 1.81 bits per heavy atom. The second-order valence-corrected chi connectivity index (χ2v) is 5.49. The highest BCUT2D eigenvalue weighted by Crippen LogP contribution is 2.16. The molecule has 0 unspecified atom stereocenters. The lowest BCUT2D eigenvalue weighted by Crippen LogP contribution is -2.32. The fraction of sp³-hybridized carbons (Fsp3) is 0.389. The van der Waals surface area contributed by atoms with Gasteiger partial charge in [-0.1, -0.05) is 0 Å². The lowest BCUT2D eigenvalue weighted by Gasteiger charge is -2.10. The van der Waals surface area contributed by atoms with Gasteiger partial charge < -0.3 is 25.4 Å². The predicted molar refractivity (Wildman–Crippen MR) is 101 cm³/mol. The van der Waals surface area contributed by atoms with E-state index in [-0.39, 0.29) is 12.5 Å². The van der Waals surface area contributed by atoms with Gasteiger partial charge in [0, 0.05) is 31.4 Å². The van der Waals surface area contributed by atoms with Crippen LogP contribution in [0.15, 0.2) is 30.3 Å². The van der Waals surface area contributed by atoms with Crippen LogP contribution >= 0.6 is 0 Å². The van der Waals surface area contributed by atoms with Crippen LogP contribution in [-0.2, 0) is 4.79 Å². The van der Waals surface area contributed by atoms with E-state index in [1.807, 2.05) is 19.9 Å². The topological polar surface area (TPSA) is 97.4 Å². The maximum atomic E-state index is 11.8. The third-order valence-corrected chi connectivity index (χ3v) is 3.37. The molecule has 1 aromatic heterocycles. The molecule has 3 N–H and O–H groups in total. The number of benzene rings is 1. The van der Waals surface area contributed by atoms with Crippen LogP contribution in [0.25, 0.3) is 0 Å². The lowest BCUT2D eigenvalue weighted by molar-refractivity contribution is -0.123. The summed E-state index contributed by atoms with van der Waals surface area (Å²) in [6, 6.07) is 8.93. The van der Waals surface area contributed by atoms with E-state index in [4.69, 9.17) is 9.47 Å². The normalized spacial score (nSPS) is 10.1. The van der Waals surface area contributed by atoms with Crippen molar-refractivity contribution in [1.82, 2.24) is 15.3 Å². The van der Waals surface area contributed by atoms with Crippen LogP contribution in [0.1, 0.15) is 12.6 Å². The molecule has 0 aliphatic heterocycles. The van der Waals surface area contributed by atoms with Gasteiger partial charge in [0.05, 0.1) is 7.11 Å². The van der Waals surface area contributed by atoms with Crippen LogP contribution in [0.4, 0.5) is 11.8 Å². The van der Waals surface area contributed by atoms with Gasteiger partial charge in [-0.15, -0.1) is 0 Å². The molecule has 2 aromatic rings. The summed E-state index contributed by atoms with van der Waals surface area (Å²) in [6.07, 6.45) is 0. The fourth-order valence-electron chi connectivity index (χ4n) is 2.16. The number of nitrogens with one attached hydrogen (secondary N) is 3. The van der Waals surface area contributed by atoms with E-state index in [9.17, 15) is 4.79 Å². The summed E-state index contributed by atoms with van der Waals surface area (Å²) in [5.74, 6) is 2.48. The highest BCUT2D eigenvalue weighted by molar-refractivity contribution is 5.77. The molecule has 8 nitrogen and oxygen atoms in total. The first-order valence-corrected chi connectivity index (χ1v) is 8.47. The van der Waals surface area contributed by atoms with Crippen LogP contribution in [0.5, 0.6) is 11.5 Å². The summed E-state index contributed by atoms with van der Waals surface area (Å²) >= 11 is 0. The molecule has 0 saturated heterocycles. The van der Waals surface area contributed by atoms with Gasteiger partial charge in [0.1, 0.15) is 17.3 Å². The number of carbonyl (C=O) groups is 1. The van der Waals surface area contributed by atoms with Crippen molar-refractivity contribution in [3.05, 3.63) is 36.0 Å². The monoisotopic (exact) mass is 359 g/mol. The number of hydrogen-bond acceptors (Lipinski definition) is 7. The van der Waals surface area contributed by atoms with Crippen LogP contribution in [0, 0.1) is 6.92 Å². The minimum absolute atomic E-state index is 0.0382. The molecule has 1 aromatic carbocycles. The molecule has 0 radical (unpaired) electrons. The number of aryl methyl sites for hydroxylation is 1. The molecular formula is C18H25N5O3. The van der Waals surface area contributed by atoms with Crippen molar-refractivity contribution >= 4 is 17.7 Å². The van der Waals surface area contributed by atoms with Crippen LogP contribution in [0.3, 0.4) is 0 Å². The number of carbonyl (C=O) groups excluding carboxylic acids is 1. The standard InChI is InChI=1S/C18H25N5O3/c1-4-19-18-22-13(2)11-16(23-18)20-9-10-21-17(24)12-26-15-7-5-14(25-3)6-8-15/h5-8,11H,4,9-10,12H2,1-3H3,(H,21,24)(H2,19,20,22,23). The number of rotatable bonds is 10. The largest absolute Gasteiger partial charge is 0.497 e. The molecule has 0 atom stereocenters. The number of aromatic nitrogens is 2. The first kappa shape index (κ1) is 19.3. The number of amides is 1. The molecule has 0 bridgehead atoms. The van der Waals surface area contributed by atoms with Crippen molar-refractivity contribution in [1.29, 1.82) is 0 Å². The van der Waals surface area contributed by atoms with Crippen molar-refractivity contribution < 1.29 is 14.3 Å². The van der Waals surface area contributed by atoms with Crippen molar-refractivity contribution in [2.24, 2.45) is 0 Å². The smallest absolute Gasteiger partial charge is 0.258 e. The Bertz CT molecular complexity index is 706. The molecule has 140 valence electrons. The summed E-state index contributed by atoms with van der Waals surface area (Å²) in [6.45, 7) is 5.63. The van der Waals surface area contributed by atoms with Crippen molar-refractivity contribution in [3.8, 4) is 11.5 Å². The Morgan fingerprint density at radius 3 is 2.50 bits per heavy atom. The van der Waals surface area contributed by atoms with Crippen molar-refractivity contribution in [3.63, 3.8) is 0 Å². The Balaban J connectivity index is 1.68. The maximum Gasteiger partial charge on any atom is 0.258 e. The highest BCUT2D eigenvalue weighted by Gasteiger charge is 2.04. The first-order chi connectivity index (χ1) is 12.6. The molecule has 0 fully saturated rings. The Labute approximate surface area is 153 Å². The zero-order valence-electron chi connectivity index (χ0n) is 15.3. The Kier molecular flexibility index (Phi) is 7.48. The number of anilines is 2. The van der Waals surface area contributed by atoms with E-state index in [2.05, 4.69) is 25.9 Å². The van der Waals surface area contributed by atoms with Gasteiger partial charge in [-0.2, -0.15) is 4.98 Å². The van der Waals surface area contributed by atoms with E-state index >= 15 is 0 Å². The number of hydrogen-bond donors (Lipinski definition) is 3. The molecule has 26 heavy (non-hydrogen) atoms. The van der Waals surface area contributed by atoms with Gasteiger partial charge in [0.25, 0.3) is 5.91 Å². The van der Waals surface area contributed by atoms with Gasteiger partial charge in [-0.25, -0.2) is 4.98 Å². The van der Waals surface area contributed by atoms with E-state index in [1.54, 1.807) is 31.4 Å². The number of ether oxygens (including phenoxy) is 2. The van der Waals surface area contributed by atoms with Crippen LogP contribution in [-0.4, -0.2) is 49.2 Å². The van der Waals surface area contributed by atoms with Gasteiger partial charge in [0.15, 0.2) is 6.61 Å². The number of methoxy groups -OCH3 is 1. The third kappa shape index (κ3) is 6.46. The van der Waals surface area contributed by atoms with Crippen LogP contribution < -0.4 is 25.4 Å². The molecule has 1 amide bonds. The molecular weight excluding hydrogens is 334 g/mol. The maximum absolute atomic E-state index is 11.8. The van der Waals surface area contributed by atoms with Crippen LogP contribution in [0.2, 0.25) is 0 Å². The summed E-state index contributed by atoms with van der Waals surface area (Å²) in [7, 11) is 1.60. The minimum Gasteiger partial charge on any atom is -0.497 e. The van der Waals surface area contributed by atoms with Gasteiger partial charge in [-0.05, 0) is 38.1 Å². The SMILES string of the molecule is CCNc1nc(C)cc(NCCNC(=O)COc2ccc(OC)cc2)n1. The minimum atomic E-state index is -0.185. The quantitative estimate of drug-likeness (QED) is 0.557. The Morgan fingerprint density at radius 1 is 1.08 bits per heavy atom. The summed E-state index contributed by atoms with van der Waals surface area (Å²) in [4.78, 5) is 20.5. The van der Waals surface area contributed by atoms with Gasteiger partial charge in [-0.3, -0.25) is 4.79 Å².